The first kappa shape index (κ1) is 12.7. The van der Waals surface area contributed by atoms with Crippen LogP contribution in [0.25, 0.3) is 0 Å². The van der Waals surface area contributed by atoms with Crippen LogP contribution in [0.3, 0.4) is 0 Å². The van der Waals surface area contributed by atoms with E-state index in [9.17, 15) is 4.79 Å². The highest BCUT2D eigenvalue weighted by molar-refractivity contribution is 5.98. The van der Waals surface area contributed by atoms with Crippen molar-refractivity contribution in [1.29, 1.82) is 0 Å². The molecule has 18 heavy (non-hydrogen) atoms. The summed E-state index contributed by atoms with van der Waals surface area (Å²) in [5.74, 6) is 0.521. The van der Waals surface area contributed by atoms with E-state index in [0.717, 1.165) is 25.9 Å². The van der Waals surface area contributed by atoms with Gasteiger partial charge in [-0.05, 0) is 25.0 Å². The summed E-state index contributed by atoms with van der Waals surface area (Å²) in [7, 11) is 1.55. The summed E-state index contributed by atoms with van der Waals surface area (Å²) in [4.78, 5) is 14.4. The number of nitrogen functional groups attached to an aromatic ring is 1. The molecule has 1 amide bonds. The van der Waals surface area contributed by atoms with Gasteiger partial charge in [-0.15, -0.1) is 0 Å². The molecule has 4 nitrogen and oxygen atoms in total. The maximum atomic E-state index is 12.5. The molecule has 1 aromatic carbocycles. The second-order valence-corrected chi connectivity index (χ2v) is 4.63. The Morgan fingerprint density at radius 1 is 1.22 bits per heavy atom. The molecule has 1 fully saturated rings. The first-order valence-electron chi connectivity index (χ1n) is 6.46. The first-order valence-corrected chi connectivity index (χ1v) is 6.46. The van der Waals surface area contributed by atoms with Gasteiger partial charge in [0, 0.05) is 13.1 Å². The Balaban J connectivity index is 2.24. The molecule has 0 aromatic heterocycles. The summed E-state index contributed by atoms with van der Waals surface area (Å²) in [5, 5.41) is 0. The Bertz CT molecular complexity index is 424. The van der Waals surface area contributed by atoms with Gasteiger partial charge in [-0.3, -0.25) is 4.79 Å². The third-order valence-corrected chi connectivity index (χ3v) is 3.37. The number of anilines is 1. The van der Waals surface area contributed by atoms with Gasteiger partial charge in [-0.2, -0.15) is 0 Å². The molecule has 1 heterocycles. The number of likely N-dealkylation sites (tertiary alicyclic amines) is 1. The highest BCUT2D eigenvalue weighted by atomic mass is 16.5. The molecule has 2 N–H and O–H groups in total. The smallest absolute Gasteiger partial charge is 0.257 e. The lowest BCUT2D eigenvalue weighted by Crippen LogP contribution is -2.32. The normalized spacial score (nSPS) is 16.2. The Kier molecular flexibility index (Phi) is 4.07. The molecule has 98 valence electrons. The quantitative estimate of drug-likeness (QED) is 0.817. The highest BCUT2D eigenvalue weighted by Gasteiger charge is 2.21. The zero-order valence-electron chi connectivity index (χ0n) is 10.8. The number of nitrogens with zero attached hydrogens (tertiary/aromatic N) is 1. The van der Waals surface area contributed by atoms with Crippen LogP contribution in [-0.2, 0) is 0 Å². The third kappa shape index (κ3) is 2.58. The molecular formula is C14H20N2O2. The molecule has 0 radical (unpaired) electrons. The molecular weight excluding hydrogens is 228 g/mol. The molecule has 1 aliphatic rings. The summed E-state index contributed by atoms with van der Waals surface area (Å²) in [6, 6.07) is 5.32. The monoisotopic (exact) mass is 248 g/mol. The number of para-hydroxylation sites is 1. The number of hydrogen-bond donors (Lipinski definition) is 1. The molecule has 2 rings (SSSR count). The van der Waals surface area contributed by atoms with Crippen molar-refractivity contribution in [2.24, 2.45) is 0 Å². The summed E-state index contributed by atoms with van der Waals surface area (Å²) in [6.45, 7) is 1.66. The number of amides is 1. The van der Waals surface area contributed by atoms with Gasteiger partial charge < -0.3 is 15.4 Å². The number of carbonyl (C=O) groups is 1. The fourth-order valence-corrected chi connectivity index (χ4v) is 2.40. The average molecular weight is 248 g/mol. The summed E-state index contributed by atoms with van der Waals surface area (Å²) >= 11 is 0. The zero-order chi connectivity index (χ0) is 13.0. The van der Waals surface area contributed by atoms with Crippen LogP contribution in [-0.4, -0.2) is 31.0 Å². The van der Waals surface area contributed by atoms with Crippen molar-refractivity contribution in [2.75, 3.05) is 25.9 Å². The Labute approximate surface area is 108 Å². The van der Waals surface area contributed by atoms with Crippen LogP contribution in [0.5, 0.6) is 5.75 Å². The van der Waals surface area contributed by atoms with E-state index in [0.29, 0.717) is 17.0 Å². The maximum absolute atomic E-state index is 12.5. The zero-order valence-corrected chi connectivity index (χ0v) is 10.8. The van der Waals surface area contributed by atoms with E-state index in [1.807, 2.05) is 4.90 Å². The fourth-order valence-electron chi connectivity index (χ4n) is 2.40. The van der Waals surface area contributed by atoms with Crippen molar-refractivity contribution in [3.8, 4) is 5.75 Å². The van der Waals surface area contributed by atoms with Crippen molar-refractivity contribution in [1.82, 2.24) is 4.90 Å². The largest absolute Gasteiger partial charge is 0.494 e. The summed E-state index contributed by atoms with van der Waals surface area (Å²) in [5.41, 5.74) is 6.92. The van der Waals surface area contributed by atoms with E-state index in [-0.39, 0.29) is 5.91 Å². The van der Waals surface area contributed by atoms with Gasteiger partial charge >= 0.3 is 0 Å². The van der Waals surface area contributed by atoms with Gasteiger partial charge in [-0.1, -0.05) is 18.9 Å². The van der Waals surface area contributed by atoms with Crippen LogP contribution in [0.1, 0.15) is 36.0 Å². The third-order valence-electron chi connectivity index (χ3n) is 3.37. The number of nitrogens with two attached hydrogens (primary N) is 1. The predicted octanol–water partition coefficient (Wildman–Crippen LogP) is 2.29. The van der Waals surface area contributed by atoms with Gasteiger partial charge in [0.15, 0.2) is 5.75 Å². The predicted molar refractivity (Wildman–Crippen MR) is 71.8 cm³/mol. The number of ether oxygens (including phenoxy) is 1. The molecule has 4 heteroatoms. The lowest BCUT2D eigenvalue weighted by Gasteiger charge is -2.21. The van der Waals surface area contributed by atoms with Gasteiger partial charge in [0.25, 0.3) is 5.91 Å². The summed E-state index contributed by atoms with van der Waals surface area (Å²) in [6.07, 6.45) is 4.57. The van der Waals surface area contributed by atoms with Gasteiger partial charge in [-0.25, -0.2) is 0 Å². The van der Waals surface area contributed by atoms with Crippen LogP contribution >= 0.6 is 0 Å². The molecule has 0 atom stereocenters. The Morgan fingerprint density at radius 2 is 1.89 bits per heavy atom. The average Bonchev–Trinajstić information content (AvgIpc) is 2.66. The van der Waals surface area contributed by atoms with E-state index in [1.54, 1.807) is 25.3 Å². The number of benzene rings is 1. The van der Waals surface area contributed by atoms with Crippen LogP contribution in [0, 0.1) is 0 Å². The summed E-state index contributed by atoms with van der Waals surface area (Å²) < 4.78 is 5.25. The van der Waals surface area contributed by atoms with E-state index in [4.69, 9.17) is 10.5 Å². The SMILES string of the molecule is COc1c(N)cccc1C(=O)N1CCCCCC1. The fraction of sp³-hybridized carbons (Fsp3) is 0.500. The van der Waals surface area contributed by atoms with E-state index >= 15 is 0 Å². The highest BCUT2D eigenvalue weighted by Crippen LogP contribution is 2.27. The van der Waals surface area contributed by atoms with Crippen LogP contribution in [0.2, 0.25) is 0 Å². The van der Waals surface area contributed by atoms with Crippen molar-refractivity contribution >= 4 is 11.6 Å². The first-order chi connectivity index (χ1) is 8.74. The van der Waals surface area contributed by atoms with Crippen molar-refractivity contribution in [2.45, 2.75) is 25.7 Å². The van der Waals surface area contributed by atoms with E-state index in [1.165, 1.54) is 12.8 Å². The standard InChI is InChI=1S/C14H20N2O2/c1-18-13-11(7-6-8-12(13)15)14(17)16-9-4-2-3-5-10-16/h6-8H,2-5,9-10,15H2,1H3. The molecule has 0 spiro atoms. The molecule has 0 unspecified atom stereocenters. The number of carbonyl (C=O) groups excluding carboxylic acids is 1. The molecule has 0 saturated carbocycles. The van der Waals surface area contributed by atoms with Crippen molar-refractivity contribution in [3.63, 3.8) is 0 Å². The van der Waals surface area contributed by atoms with Crippen LogP contribution < -0.4 is 10.5 Å². The lowest BCUT2D eigenvalue weighted by molar-refractivity contribution is 0.0758. The van der Waals surface area contributed by atoms with Gasteiger partial charge in [0.05, 0.1) is 18.4 Å². The minimum Gasteiger partial charge on any atom is -0.494 e. The van der Waals surface area contributed by atoms with Crippen molar-refractivity contribution < 1.29 is 9.53 Å². The topological polar surface area (TPSA) is 55.6 Å². The Hall–Kier alpha value is -1.71. The second kappa shape index (κ2) is 5.76. The minimum absolute atomic E-state index is 0.0288. The van der Waals surface area contributed by atoms with Gasteiger partial charge in [0.2, 0.25) is 0 Å². The molecule has 1 aliphatic heterocycles. The molecule has 0 aliphatic carbocycles. The number of hydrogen-bond acceptors (Lipinski definition) is 3. The number of methoxy groups -OCH3 is 1. The maximum Gasteiger partial charge on any atom is 0.257 e. The molecule has 0 bridgehead atoms. The van der Waals surface area contributed by atoms with E-state index < -0.39 is 0 Å². The van der Waals surface area contributed by atoms with E-state index in [2.05, 4.69) is 0 Å². The number of rotatable bonds is 2. The molecule has 1 aromatic rings. The lowest BCUT2D eigenvalue weighted by atomic mass is 10.1. The minimum atomic E-state index is 0.0288. The Morgan fingerprint density at radius 3 is 2.50 bits per heavy atom. The van der Waals surface area contributed by atoms with Gasteiger partial charge in [0.1, 0.15) is 0 Å². The second-order valence-electron chi connectivity index (χ2n) is 4.63. The van der Waals surface area contributed by atoms with Crippen LogP contribution in [0.15, 0.2) is 18.2 Å². The molecule has 1 saturated heterocycles. The van der Waals surface area contributed by atoms with Crippen LogP contribution in [0.4, 0.5) is 5.69 Å². The van der Waals surface area contributed by atoms with Crippen molar-refractivity contribution in [3.05, 3.63) is 23.8 Å².